The number of carbonyl (C=O) groups excluding carboxylic acids is 1. The van der Waals surface area contributed by atoms with Crippen molar-refractivity contribution in [2.45, 2.75) is 97.3 Å². The molecule has 33 heavy (non-hydrogen) atoms. The summed E-state index contributed by atoms with van der Waals surface area (Å²) in [5.74, 6) is 1.30. The third kappa shape index (κ3) is 8.84. The van der Waals surface area contributed by atoms with Crippen molar-refractivity contribution >= 4 is 5.91 Å². The molecule has 2 nitrogen and oxygen atoms in total. The standard InChI is InChI=1S/C28H40.C3H5NO/c1-4-7-8-10-22-11-14-25(15-12-22)26-16-18-27(19-17-26)28-20-13-23(9-5-2)21-24(28)6-3;1-2-3(4)5/h13,16-22,25H,4-12,14-15H2,1-3H3;2H,1H2,(H2,4,5). The quantitative estimate of drug-likeness (QED) is 0.288. The molecule has 1 aliphatic carbocycles. The van der Waals surface area contributed by atoms with Crippen LogP contribution in [0.1, 0.15) is 101 Å². The molecule has 0 radical (unpaired) electrons. The first-order valence-electron chi connectivity index (χ1n) is 13.2. The molecule has 0 saturated heterocycles. The first kappa shape index (κ1) is 26.9. The molecule has 1 amide bonds. The number of benzene rings is 2. The molecule has 0 atom stereocenters. The van der Waals surface area contributed by atoms with Crippen LogP contribution in [-0.4, -0.2) is 5.91 Å². The molecular formula is C31H45NO. The summed E-state index contributed by atoms with van der Waals surface area (Å²) in [6, 6.07) is 16.7. The fourth-order valence-corrected chi connectivity index (χ4v) is 5.07. The molecule has 1 aliphatic rings. The predicted octanol–water partition coefficient (Wildman–Crippen LogP) is 8.38. The molecule has 0 aliphatic heterocycles. The number of hydrogen-bond donors (Lipinski definition) is 1. The van der Waals surface area contributed by atoms with Gasteiger partial charge >= 0.3 is 0 Å². The Hall–Kier alpha value is -2.35. The van der Waals surface area contributed by atoms with Gasteiger partial charge in [0.25, 0.3) is 0 Å². The second-order valence-corrected chi connectivity index (χ2v) is 9.54. The summed E-state index contributed by atoms with van der Waals surface area (Å²) in [4.78, 5) is 9.47. The maximum atomic E-state index is 9.47. The molecular weight excluding hydrogens is 402 g/mol. The van der Waals surface area contributed by atoms with Crippen molar-refractivity contribution in [3.05, 3.63) is 71.8 Å². The first-order valence-corrected chi connectivity index (χ1v) is 13.2. The molecule has 1 fully saturated rings. The Morgan fingerprint density at radius 2 is 1.64 bits per heavy atom. The van der Waals surface area contributed by atoms with Crippen LogP contribution in [0.4, 0.5) is 0 Å². The molecule has 180 valence electrons. The summed E-state index contributed by atoms with van der Waals surface area (Å²) in [6.45, 7) is 9.94. The highest BCUT2D eigenvalue weighted by Crippen LogP contribution is 2.38. The van der Waals surface area contributed by atoms with Crippen molar-refractivity contribution in [3.8, 4) is 11.1 Å². The van der Waals surface area contributed by atoms with E-state index in [1.807, 2.05) is 0 Å². The molecule has 0 aromatic heterocycles. The molecule has 1 saturated carbocycles. The largest absolute Gasteiger partial charge is 0.366 e. The van der Waals surface area contributed by atoms with E-state index in [1.165, 1.54) is 86.5 Å². The Kier molecular flexibility index (Phi) is 12.0. The van der Waals surface area contributed by atoms with Crippen LogP contribution in [0.5, 0.6) is 0 Å². The third-order valence-corrected chi connectivity index (χ3v) is 7.05. The molecule has 2 aromatic carbocycles. The smallest absolute Gasteiger partial charge is 0.240 e. The second-order valence-electron chi connectivity index (χ2n) is 9.54. The van der Waals surface area contributed by atoms with Crippen LogP contribution in [-0.2, 0) is 17.6 Å². The van der Waals surface area contributed by atoms with E-state index >= 15 is 0 Å². The highest BCUT2D eigenvalue weighted by Gasteiger charge is 2.22. The van der Waals surface area contributed by atoms with Crippen molar-refractivity contribution in [2.24, 2.45) is 11.7 Å². The Labute approximate surface area is 202 Å². The van der Waals surface area contributed by atoms with Crippen molar-refractivity contribution < 1.29 is 4.79 Å². The van der Waals surface area contributed by atoms with Crippen LogP contribution in [0.15, 0.2) is 55.1 Å². The highest BCUT2D eigenvalue weighted by molar-refractivity contribution is 5.85. The molecule has 0 unspecified atom stereocenters. The van der Waals surface area contributed by atoms with E-state index in [-0.39, 0.29) is 0 Å². The van der Waals surface area contributed by atoms with Gasteiger partial charge in [0, 0.05) is 0 Å². The van der Waals surface area contributed by atoms with Gasteiger partial charge in [-0.3, -0.25) is 4.79 Å². The van der Waals surface area contributed by atoms with E-state index < -0.39 is 5.91 Å². The lowest BCUT2D eigenvalue weighted by atomic mass is 9.77. The Morgan fingerprint density at radius 3 is 2.18 bits per heavy atom. The van der Waals surface area contributed by atoms with Gasteiger partial charge in [0.05, 0.1) is 0 Å². The Bertz CT molecular complexity index is 844. The normalized spacial score (nSPS) is 17.7. The molecule has 2 heteroatoms. The lowest BCUT2D eigenvalue weighted by Crippen LogP contribution is -2.13. The van der Waals surface area contributed by atoms with Crippen molar-refractivity contribution in [1.82, 2.24) is 0 Å². The van der Waals surface area contributed by atoms with Gasteiger partial charge in [0.2, 0.25) is 5.91 Å². The first-order chi connectivity index (χ1) is 16.0. The number of primary amides is 1. The summed E-state index contributed by atoms with van der Waals surface area (Å²) < 4.78 is 0. The van der Waals surface area contributed by atoms with Crippen LogP contribution >= 0.6 is 0 Å². The van der Waals surface area contributed by atoms with E-state index in [2.05, 4.69) is 75.5 Å². The fraction of sp³-hybridized carbons (Fsp3) is 0.516. The van der Waals surface area contributed by atoms with Crippen LogP contribution in [0.25, 0.3) is 11.1 Å². The number of hydrogen-bond acceptors (Lipinski definition) is 1. The van der Waals surface area contributed by atoms with Gasteiger partial charge in [-0.25, -0.2) is 0 Å². The Morgan fingerprint density at radius 1 is 0.970 bits per heavy atom. The number of nitrogens with two attached hydrogens (primary N) is 1. The minimum absolute atomic E-state index is 0.481. The van der Waals surface area contributed by atoms with Gasteiger partial charge < -0.3 is 5.73 Å². The lowest BCUT2D eigenvalue weighted by molar-refractivity contribution is -0.113. The van der Waals surface area contributed by atoms with Crippen LogP contribution < -0.4 is 5.73 Å². The predicted molar refractivity (Wildman–Crippen MR) is 143 cm³/mol. The second kappa shape index (κ2) is 14.7. The van der Waals surface area contributed by atoms with Gasteiger partial charge in [-0.1, -0.05) is 102 Å². The monoisotopic (exact) mass is 447 g/mol. The number of carbonyl (C=O) groups is 1. The maximum Gasteiger partial charge on any atom is 0.240 e. The average molecular weight is 448 g/mol. The summed E-state index contributed by atoms with van der Waals surface area (Å²) in [5.41, 5.74) is 11.9. The van der Waals surface area contributed by atoms with E-state index in [0.29, 0.717) is 0 Å². The molecule has 0 heterocycles. The van der Waals surface area contributed by atoms with Gasteiger partial charge in [-0.2, -0.15) is 0 Å². The molecule has 2 aromatic rings. The Balaban J connectivity index is 0.000000696. The summed E-state index contributed by atoms with van der Waals surface area (Å²) >= 11 is 0. The van der Waals surface area contributed by atoms with Crippen LogP contribution in [0.2, 0.25) is 0 Å². The van der Waals surface area contributed by atoms with Crippen LogP contribution in [0, 0.1) is 5.92 Å². The van der Waals surface area contributed by atoms with Gasteiger partial charge in [-0.15, -0.1) is 0 Å². The molecule has 0 bridgehead atoms. The zero-order valence-corrected chi connectivity index (χ0v) is 21.2. The van der Waals surface area contributed by atoms with Crippen LogP contribution in [0.3, 0.4) is 0 Å². The van der Waals surface area contributed by atoms with Gasteiger partial charge in [0.1, 0.15) is 0 Å². The number of amides is 1. The van der Waals surface area contributed by atoms with Gasteiger partial charge in [-0.05, 0) is 84.3 Å². The number of unbranched alkanes of at least 4 members (excludes halogenated alkanes) is 2. The molecule has 2 N–H and O–H groups in total. The summed E-state index contributed by atoms with van der Waals surface area (Å²) in [7, 11) is 0. The maximum absolute atomic E-state index is 9.47. The van der Waals surface area contributed by atoms with E-state index in [4.69, 9.17) is 0 Å². The zero-order chi connectivity index (χ0) is 24.1. The van der Waals surface area contributed by atoms with E-state index in [0.717, 1.165) is 24.3 Å². The summed E-state index contributed by atoms with van der Waals surface area (Å²) in [5, 5.41) is 0. The highest BCUT2D eigenvalue weighted by atomic mass is 16.1. The fourth-order valence-electron chi connectivity index (χ4n) is 5.07. The summed E-state index contributed by atoms with van der Waals surface area (Å²) in [6.07, 6.45) is 15.9. The van der Waals surface area contributed by atoms with Crippen molar-refractivity contribution in [3.63, 3.8) is 0 Å². The lowest BCUT2D eigenvalue weighted by Gasteiger charge is -2.29. The number of aryl methyl sites for hydroxylation is 2. The molecule has 0 spiro atoms. The van der Waals surface area contributed by atoms with Crippen molar-refractivity contribution in [1.29, 1.82) is 0 Å². The topological polar surface area (TPSA) is 43.1 Å². The van der Waals surface area contributed by atoms with E-state index in [9.17, 15) is 4.79 Å². The zero-order valence-electron chi connectivity index (χ0n) is 21.2. The van der Waals surface area contributed by atoms with E-state index in [1.54, 1.807) is 5.56 Å². The van der Waals surface area contributed by atoms with Crippen molar-refractivity contribution in [2.75, 3.05) is 0 Å². The minimum atomic E-state index is -0.481. The molecule has 3 rings (SSSR count). The van der Waals surface area contributed by atoms with Gasteiger partial charge in [0.15, 0.2) is 0 Å². The minimum Gasteiger partial charge on any atom is -0.366 e. The average Bonchev–Trinajstić information content (AvgIpc) is 2.85. The number of rotatable bonds is 10. The third-order valence-electron chi connectivity index (χ3n) is 7.05. The SMILES string of the molecule is C=CC(N)=O.CCCCCC1CCC(c2ccc(-c3ccc(CCC)cc3CC)cc2)CC1.